The fourth-order valence-corrected chi connectivity index (χ4v) is 2.71. The molecule has 0 saturated heterocycles. The van der Waals surface area contributed by atoms with Crippen LogP contribution in [0.1, 0.15) is 46.5 Å². The van der Waals surface area contributed by atoms with E-state index in [2.05, 4.69) is 10.6 Å². The molecule has 5 atom stereocenters. The maximum Gasteiger partial charge on any atom is 0.326 e. The summed E-state index contributed by atoms with van der Waals surface area (Å²) in [5.41, 5.74) is 10.7. The average molecular weight is 475 g/mol. The zero-order valence-electron chi connectivity index (χ0n) is 18.7. The Morgan fingerprint density at radius 1 is 0.848 bits per heavy atom. The first-order valence-corrected chi connectivity index (χ1v) is 10.2. The number of rotatable bonds is 15. The zero-order valence-corrected chi connectivity index (χ0v) is 18.7. The van der Waals surface area contributed by atoms with Crippen molar-refractivity contribution in [3.63, 3.8) is 0 Å². The Labute approximate surface area is 190 Å². The van der Waals surface area contributed by atoms with Crippen LogP contribution in [0, 0.1) is 5.92 Å². The van der Waals surface area contributed by atoms with Gasteiger partial charge in [0, 0.05) is 6.42 Å². The molecule has 0 fully saturated rings. The molecule has 0 radical (unpaired) electrons. The third-order valence-corrected chi connectivity index (χ3v) is 4.43. The SMILES string of the molecule is CC(C)CC(NC(=O)C(N)CCC(N)=O)C(=O)NC(C(=O)NC(CC(=O)O)C(=O)O)C(C)O. The van der Waals surface area contributed by atoms with Gasteiger partial charge in [0.2, 0.25) is 23.6 Å². The molecule has 0 aliphatic carbocycles. The molecule has 0 aromatic heterocycles. The number of aliphatic carboxylic acids is 2. The number of hydrogen-bond acceptors (Lipinski definition) is 8. The monoisotopic (exact) mass is 475 g/mol. The van der Waals surface area contributed by atoms with Crippen LogP contribution < -0.4 is 27.4 Å². The van der Waals surface area contributed by atoms with Crippen LogP contribution in [0.5, 0.6) is 0 Å². The van der Waals surface area contributed by atoms with Crippen molar-refractivity contribution in [2.45, 2.75) is 76.7 Å². The van der Waals surface area contributed by atoms with E-state index in [-0.39, 0.29) is 25.2 Å². The molecule has 5 unspecified atom stereocenters. The second kappa shape index (κ2) is 14.0. The summed E-state index contributed by atoms with van der Waals surface area (Å²) in [6, 6.07) is -5.71. The molecule has 0 aromatic carbocycles. The van der Waals surface area contributed by atoms with E-state index in [0.29, 0.717) is 0 Å². The highest BCUT2D eigenvalue weighted by Crippen LogP contribution is 2.08. The van der Waals surface area contributed by atoms with E-state index in [4.69, 9.17) is 21.7 Å². The van der Waals surface area contributed by atoms with Gasteiger partial charge in [-0.2, -0.15) is 0 Å². The number of primary amides is 1. The molecule has 0 rings (SSSR count). The standard InChI is InChI=1S/C19H33N5O9/c1-8(2)6-11(22-16(29)10(20)4-5-13(21)26)17(30)24-15(9(3)25)18(31)23-12(19(32)33)7-14(27)28/h8-12,15,25H,4-7,20H2,1-3H3,(H2,21,26)(H,22,29)(H,23,31)(H,24,30)(H,27,28)(H,32,33). The molecule has 0 heterocycles. The molecule has 0 saturated carbocycles. The quantitative estimate of drug-likeness (QED) is 0.119. The summed E-state index contributed by atoms with van der Waals surface area (Å²) < 4.78 is 0. The summed E-state index contributed by atoms with van der Waals surface area (Å²) in [6.45, 7) is 4.69. The van der Waals surface area contributed by atoms with Gasteiger partial charge in [-0.1, -0.05) is 13.8 Å². The molecular formula is C19H33N5O9. The van der Waals surface area contributed by atoms with Crippen molar-refractivity contribution >= 4 is 35.6 Å². The lowest BCUT2D eigenvalue weighted by Crippen LogP contribution is -2.60. The Kier molecular flexibility index (Phi) is 12.6. The third kappa shape index (κ3) is 11.8. The first kappa shape index (κ1) is 29.7. The van der Waals surface area contributed by atoms with Crippen molar-refractivity contribution in [1.29, 1.82) is 0 Å². The van der Waals surface area contributed by atoms with Crippen molar-refractivity contribution in [1.82, 2.24) is 16.0 Å². The topological polar surface area (TPSA) is 251 Å². The van der Waals surface area contributed by atoms with Gasteiger partial charge in [-0.25, -0.2) is 4.79 Å². The predicted octanol–water partition coefficient (Wildman–Crippen LogP) is -2.98. The second-order valence-corrected chi connectivity index (χ2v) is 8.03. The minimum absolute atomic E-state index is 0.0456. The van der Waals surface area contributed by atoms with Crippen molar-refractivity contribution < 1.29 is 44.1 Å². The van der Waals surface area contributed by atoms with E-state index in [1.54, 1.807) is 13.8 Å². The van der Waals surface area contributed by atoms with Crippen LogP contribution in [-0.2, 0) is 28.8 Å². The van der Waals surface area contributed by atoms with Crippen molar-refractivity contribution in [3.8, 4) is 0 Å². The molecule has 4 amide bonds. The smallest absolute Gasteiger partial charge is 0.326 e. The molecule has 10 N–H and O–H groups in total. The Bertz CT molecular complexity index is 741. The van der Waals surface area contributed by atoms with Gasteiger partial charge in [-0.05, 0) is 25.7 Å². The first-order valence-electron chi connectivity index (χ1n) is 10.2. The Morgan fingerprint density at radius 2 is 1.39 bits per heavy atom. The summed E-state index contributed by atoms with van der Waals surface area (Å²) in [4.78, 5) is 70.4. The minimum Gasteiger partial charge on any atom is -0.481 e. The minimum atomic E-state index is -1.79. The van der Waals surface area contributed by atoms with E-state index < -0.39 is 72.3 Å². The Morgan fingerprint density at radius 3 is 1.82 bits per heavy atom. The molecule has 0 bridgehead atoms. The van der Waals surface area contributed by atoms with Crippen LogP contribution in [0.15, 0.2) is 0 Å². The lowest BCUT2D eigenvalue weighted by molar-refractivity contribution is -0.148. The second-order valence-electron chi connectivity index (χ2n) is 8.03. The zero-order chi connectivity index (χ0) is 25.9. The molecular weight excluding hydrogens is 442 g/mol. The highest BCUT2D eigenvalue weighted by Gasteiger charge is 2.33. The molecule has 0 spiro atoms. The fraction of sp³-hybridized carbons (Fsp3) is 0.684. The van der Waals surface area contributed by atoms with Gasteiger partial charge >= 0.3 is 11.9 Å². The number of aliphatic hydroxyl groups excluding tert-OH is 1. The van der Waals surface area contributed by atoms with Gasteiger partial charge in [-0.3, -0.25) is 24.0 Å². The lowest BCUT2D eigenvalue weighted by atomic mass is 10.0. The van der Waals surface area contributed by atoms with Gasteiger partial charge in [0.1, 0.15) is 18.1 Å². The van der Waals surface area contributed by atoms with Crippen LogP contribution in [-0.4, -0.2) is 81.2 Å². The van der Waals surface area contributed by atoms with Crippen LogP contribution >= 0.6 is 0 Å². The molecule has 14 nitrogen and oxygen atoms in total. The van der Waals surface area contributed by atoms with Crippen LogP contribution in [0.4, 0.5) is 0 Å². The Balaban J connectivity index is 5.41. The molecule has 33 heavy (non-hydrogen) atoms. The number of nitrogens with two attached hydrogens (primary N) is 2. The lowest BCUT2D eigenvalue weighted by Gasteiger charge is -2.27. The van der Waals surface area contributed by atoms with Crippen molar-refractivity contribution in [3.05, 3.63) is 0 Å². The van der Waals surface area contributed by atoms with Gasteiger partial charge in [0.25, 0.3) is 0 Å². The summed E-state index contributed by atoms with van der Waals surface area (Å²) in [7, 11) is 0. The maximum absolute atomic E-state index is 12.8. The molecule has 188 valence electrons. The third-order valence-electron chi connectivity index (χ3n) is 4.43. The van der Waals surface area contributed by atoms with Gasteiger partial charge in [0.15, 0.2) is 0 Å². The number of carboxylic acid groups (broad SMARTS) is 2. The van der Waals surface area contributed by atoms with Crippen LogP contribution in [0.3, 0.4) is 0 Å². The van der Waals surface area contributed by atoms with Crippen molar-refractivity contribution in [2.24, 2.45) is 17.4 Å². The summed E-state index contributed by atoms with van der Waals surface area (Å²) in [6.07, 6.45) is -2.46. The van der Waals surface area contributed by atoms with Gasteiger partial charge in [-0.15, -0.1) is 0 Å². The van der Waals surface area contributed by atoms with E-state index in [0.717, 1.165) is 6.92 Å². The molecule has 0 aliphatic rings. The summed E-state index contributed by atoms with van der Waals surface area (Å²) in [5, 5.41) is 34.4. The molecule has 0 aliphatic heterocycles. The fourth-order valence-electron chi connectivity index (χ4n) is 2.71. The van der Waals surface area contributed by atoms with Crippen LogP contribution in [0.25, 0.3) is 0 Å². The number of aliphatic hydroxyl groups is 1. The Hall–Kier alpha value is -3.26. The number of hydrogen-bond donors (Lipinski definition) is 8. The number of carboxylic acids is 2. The van der Waals surface area contributed by atoms with Crippen molar-refractivity contribution in [2.75, 3.05) is 0 Å². The summed E-state index contributed by atoms with van der Waals surface area (Å²) in [5.74, 6) is -6.55. The largest absolute Gasteiger partial charge is 0.481 e. The van der Waals surface area contributed by atoms with Gasteiger partial charge < -0.3 is 42.7 Å². The van der Waals surface area contributed by atoms with E-state index >= 15 is 0 Å². The molecule has 14 heteroatoms. The number of carbonyl (C=O) groups excluding carboxylic acids is 4. The van der Waals surface area contributed by atoms with E-state index in [9.17, 15) is 33.9 Å². The van der Waals surface area contributed by atoms with Gasteiger partial charge in [0.05, 0.1) is 18.6 Å². The first-order chi connectivity index (χ1) is 15.1. The number of amides is 4. The predicted molar refractivity (Wildman–Crippen MR) is 113 cm³/mol. The maximum atomic E-state index is 12.8. The molecule has 0 aromatic rings. The summed E-state index contributed by atoms with van der Waals surface area (Å²) >= 11 is 0. The van der Waals surface area contributed by atoms with E-state index in [1.165, 1.54) is 0 Å². The van der Waals surface area contributed by atoms with Crippen LogP contribution in [0.2, 0.25) is 0 Å². The number of carbonyl (C=O) groups is 6. The van der Waals surface area contributed by atoms with E-state index in [1.807, 2.05) is 5.32 Å². The highest BCUT2D eigenvalue weighted by atomic mass is 16.4. The normalized spacial score (nSPS) is 15.5. The highest BCUT2D eigenvalue weighted by molar-refractivity contribution is 5.95. The average Bonchev–Trinajstić information content (AvgIpc) is 2.67. The number of nitrogens with one attached hydrogen (secondary N) is 3.